The summed E-state index contributed by atoms with van der Waals surface area (Å²) in [5.74, 6) is 0.102. The van der Waals surface area contributed by atoms with Crippen LogP contribution in [0.25, 0.3) is 4.91 Å². The SMILES string of the molecule is CC(C)CNC(=O)c1cccc(C(=C2CN(C(c3ccc(Cl)cc3)c3ccc(Cl)cc3)C2)S(C)(=O)=O)c1. The minimum Gasteiger partial charge on any atom is -0.352 e. The molecule has 1 fully saturated rings. The maximum absolute atomic E-state index is 12.9. The van der Waals surface area contributed by atoms with E-state index >= 15 is 0 Å². The first-order chi connectivity index (χ1) is 17.5. The number of sulfone groups is 1. The van der Waals surface area contributed by atoms with Crippen LogP contribution in [0.15, 0.2) is 78.4 Å². The normalized spacial score (nSPS) is 14.1. The van der Waals surface area contributed by atoms with E-state index in [9.17, 15) is 13.2 Å². The zero-order valence-corrected chi connectivity index (χ0v) is 23.4. The number of rotatable bonds is 8. The highest BCUT2D eigenvalue weighted by Gasteiger charge is 2.34. The Balaban J connectivity index is 1.67. The number of carbonyl (C=O) groups excluding carboxylic acids is 1. The number of nitrogens with zero attached hydrogens (tertiary/aromatic N) is 1. The lowest BCUT2D eigenvalue weighted by Gasteiger charge is -2.42. The third-order valence-corrected chi connectivity index (χ3v) is 8.04. The Morgan fingerprint density at radius 3 is 1.89 bits per heavy atom. The summed E-state index contributed by atoms with van der Waals surface area (Å²) in [7, 11) is -3.55. The third-order valence-electron chi connectivity index (χ3n) is 6.27. The molecule has 1 aliphatic rings. The number of halogens is 2. The van der Waals surface area contributed by atoms with E-state index in [1.54, 1.807) is 24.3 Å². The molecule has 0 aromatic heterocycles. The number of hydrogen-bond donors (Lipinski definition) is 1. The van der Waals surface area contributed by atoms with Crippen molar-refractivity contribution in [3.05, 3.63) is 111 Å². The molecule has 0 aliphatic carbocycles. The molecule has 0 unspecified atom stereocenters. The molecule has 0 saturated carbocycles. The van der Waals surface area contributed by atoms with Crippen LogP contribution in [0.2, 0.25) is 10.0 Å². The van der Waals surface area contributed by atoms with Crippen molar-refractivity contribution in [2.45, 2.75) is 19.9 Å². The number of nitrogens with one attached hydrogen (secondary N) is 1. The molecule has 37 heavy (non-hydrogen) atoms. The van der Waals surface area contributed by atoms with Crippen LogP contribution in [-0.4, -0.2) is 45.1 Å². The van der Waals surface area contributed by atoms with Gasteiger partial charge in [0.1, 0.15) is 0 Å². The standard InChI is InChI=1S/C29H30Cl2N2O3S/c1-19(2)16-32-29(34)23-6-4-5-22(15-23)28(37(3,35)36)24-17-33(18-24)27(20-7-11-25(30)12-8-20)21-9-13-26(31)14-10-21/h4-15,19,27H,16-18H2,1-3H3,(H,32,34). The minimum absolute atomic E-state index is 0.0905. The minimum atomic E-state index is -3.55. The van der Waals surface area contributed by atoms with Crippen LogP contribution in [-0.2, 0) is 9.84 Å². The van der Waals surface area contributed by atoms with Crippen LogP contribution in [0.5, 0.6) is 0 Å². The predicted octanol–water partition coefficient (Wildman–Crippen LogP) is 6.24. The molecule has 1 saturated heterocycles. The fourth-order valence-electron chi connectivity index (χ4n) is 4.56. The van der Waals surface area contributed by atoms with Crippen molar-refractivity contribution in [2.24, 2.45) is 5.92 Å². The lowest BCUT2D eigenvalue weighted by molar-refractivity contribution is 0.0949. The van der Waals surface area contributed by atoms with E-state index in [-0.39, 0.29) is 16.9 Å². The van der Waals surface area contributed by atoms with Gasteiger partial charge in [-0.3, -0.25) is 9.69 Å². The van der Waals surface area contributed by atoms with Gasteiger partial charge in [-0.1, -0.05) is 73.4 Å². The monoisotopic (exact) mass is 556 g/mol. The first-order valence-electron chi connectivity index (χ1n) is 12.1. The van der Waals surface area contributed by atoms with Gasteiger partial charge >= 0.3 is 0 Å². The van der Waals surface area contributed by atoms with E-state index in [0.717, 1.165) is 16.7 Å². The summed E-state index contributed by atoms with van der Waals surface area (Å²) in [4.78, 5) is 15.1. The van der Waals surface area contributed by atoms with Gasteiger partial charge in [0, 0.05) is 41.5 Å². The van der Waals surface area contributed by atoms with Crippen LogP contribution in [0, 0.1) is 5.92 Å². The van der Waals surface area contributed by atoms with E-state index in [0.29, 0.717) is 46.7 Å². The molecule has 4 rings (SSSR count). The van der Waals surface area contributed by atoms with Gasteiger partial charge in [-0.25, -0.2) is 8.42 Å². The van der Waals surface area contributed by atoms with Crippen LogP contribution >= 0.6 is 23.2 Å². The van der Waals surface area contributed by atoms with Crippen molar-refractivity contribution in [3.63, 3.8) is 0 Å². The molecule has 3 aromatic carbocycles. The maximum atomic E-state index is 12.9. The molecule has 194 valence electrons. The number of benzene rings is 3. The number of likely N-dealkylation sites (tertiary alicyclic amines) is 1. The molecule has 1 aliphatic heterocycles. The summed E-state index contributed by atoms with van der Waals surface area (Å²) in [6.45, 7) is 5.54. The third kappa shape index (κ3) is 6.63. The van der Waals surface area contributed by atoms with Gasteiger partial charge in [0.25, 0.3) is 5.91 Å². The van der Waals surface area contributed by atoms with Gasteiger partial charge in [-0.05, 0) is 64.6 Å². The Bertz CT molecular complexity index is 1360. The molecule has 1 N–H and O–H groups in total. The predicted molar refractivity (Wildman–Crippen MR) is 152 cm³/mol. The first kappa shape index (κ1) is 27.4. The van der Waals surface area contributed by atoms with Crippen molar-refractivity contribution in [2.75, 3.05) is 25.9 Å². The Labute approximate surface area is 229 Å². The number of hydrogen-bond acceptors (Lipinski definition) is 4. The Hall–Kier alpha value is -2.64. The molecule has 3 aromatic rings. The second-order valence-electron chi connectivity index (χ2n) is 9.80. The molecule has 0 atom stereocenters. The van der Waals surface area contributed by atoms with Gasteiger partial charge in [0.15, 0.2) is 9.84 Å². The van der Waals surface area contributed by atoms with Gasteiger partial charge < -0.3 is 5.32 Å². The van der Waals surface area contributed by atoms with E-state index in [1.807, 2.05) is 62.4 Å². The Kier molecular flexibility index (Phi) is 8.44. The summed E-state index contributed by atoms with van der Waals surface area (Å²) < 4.78 is 25.9. The second-order valence-corrected chi connectivity index (χ2v) is 12.6. The van der Waals surface area contributed by atoms with Crippen LogP contribution in [0.1, 0.15) is 46.9 Å². The summed E-state index contributed by atoms with van der Waals surface area (Å²) in [6, 6.07) is 22.1. The lowest BCUT2D eigenvalue weighted by Crippen LogP contribution is -2.44. The average Bonchev–Trinajstić information content (AvgIpc) is 2.82. The summed E-state index contributed by atoms with van der Waals surface area (Å²) >= 11 is 12.3. The van der Waals surface area contributed by atoms with Crippen molar-refractivity contribution < 1.29 is 13.2 Å². The fourth-order valence-corrected chi connectivity index (χ4v) is 6.02. The lowest BCUT2D eigenvalue weighted by atomic mass is 9.92. The van der Waals surface area contributed by atoms with Crippen LogP contribution in [0.3, 0.4) is 0 Å². The molecule has 0 bridgehead atoms. The zero-order valence-electron chi connectivity index (χ0n) is 21.0. The highest BCUT2D eigenvalue weighted by molar-refractivity contribution is 8.00. The molecule has 5 nitrogen and oxygen atoms in total. The van der Waals surface area contributed by atoms with Crippen molar-refractivity contribution >= 4 is 43.9 Å². The first-order valence-corrected chi connectivity index (χ1v) is 14.7. The van der Waals surface area contributed by atoms with Crippen LogP contribution in [0.4, 0.5) is 0 Å². The molecule has 0 spiro atoms. The van der Waals surface area contributed by atoms with Gasteiger partial charge in [0.05, 0.1) is 10.9 Å². The van der Waals surface area contributed by atoms with Crippen LogP contribution < -0.4 is 5.32 Å². The summed E-state index contributed by atoms with van der Waals surface area (Å²) in [6.07, 6.45) is 1.22. The highest BCUT2D eigenvalue weighted by Crippen LogP contribution is 2.38. The van der Waals surface area contributed by atoms with E-state index in [1.165, 1.54) is 6.26 Å². The largest absolute Gasteiger partial charge is 0.352 e. The van der Waals surface area contributed by atoms with Crippen molar-refractivity contribution in [3.8, 4) is 0 Å². The highest BCUT2D eigenvalue weighted by atomic mass is 35.5. The number of amides is 1. The molecule has 0 radical (unpaired) electrons. The summed E-state index contributed by atoms with van der Waals surface area (Å²) in [5.41, 5.74) is 3.89. The smallest absolute Gasteiger partial charge is 0.251 e. The van der Waals surface area contributed by atoms with E-state index in [2.05, 4.69) is 10.2 Å². The quantitative estimate of drug-likeness (QED) is 0.356. The molecule has 8 heteroatoms. The average molecular weight is 558 g/mol. The fraction of sp³-hybridized carbons (Fsp3) is 0.276. The molecular weight excluding hydrogens is 527 g/mol. The second kappa shape index (κ2) is 11.4. The van der Waals surface area contributed by atoms with E-state index < -0.39 is 9.84 Å². The van der Waals surface area contributed by atoms with Gasteiger partial charge in [-0.15, -0.1) is 0 Å². The number of carbonyl (C=O) groups is 1. The molecular formula is C29H30Cl2N2O3S. The van der Waals surface area contributed by atoms with Crippen molar-refractivity contribution in [1.82, 2.24) is 10.2 Å². The van der Waals surface area contributed by atoms with E-state index in [4.69, 9.17) is 23.2 Å². The van der Waals surface area contributed by atoms with Gasteiger partial charge in [-0.2, -0.15) is 0 Å². The summed E-state index contributed by atoms with van der Waals surface area (Å²) in [5, 5.41) is 4.20. The Morgan fingerprint density at radius 1 is 0.892 bits per heavy atom. The molecule has 1 amide bonds. The van der Waals surface area contributed by atoms with Gasteiger partial charge in [0.2, 0.25) is 0 Å². The molecule has 1 heterocycles. The zero-order chi connectivity index (χ0) is 26.7. The van der Waals surface area contributed by atoms with Crippen molar-refractivity contribution in [1.29, 1.82) is 0 Å². The Morgan fingerprint density at radius 2 is 1.41 bits per heavy atom. The maximum Gasteiger partial charge on any atom is 0.251 e. The topological polar surface area (TPSA) is 66.5 Å².